The molecule has 30 heavy (non-hydrogen) atoms. The first-order valence-electron chi connectivity index (χ1n) is 10.2. The summed E-state index contributed by atoms with van der Waals surface area (Å²) in [6.07, 6.45) is 1.17. The quantitative estimate of drug-likeness (QED) is 0.637. The molecule has 0 spiro atoms. The van der Waals surface area contributed by atoms with E-state index in [1.54, 1.807) is 29.2 Å². The van der Waals surface area contributed by atoms with Crippen LogP contribution < -0.4 is 10.1 Å². The average molecular weight is 431 g/mol. The topological polar surface area (TPSA) is 58.6 Å². The summed E-state index contributed by atoms with van der Waals surface area (Å²) in [7, 11) is 0. The van der Waals surface area contributed by atoms with E-state index < -0.39 is 6.04 Å². The number of halogens is 1. The second kappa shape index (κ2) is 11.0. The molecule has 1 N–H and O–H groups in total. The van der Waals surface area contributed by atoms with Gasteiger partial charge < -0.3 is 15.0 Å². The molecule has 0 aliphatic carbocycles. The summed E-state index contributed by atoms with van der Waals surface area (Å²) in [5.41, 5.74) is 0.729. The minimum atomic E-state index is -0.566. The molecule has 0 aliphatic heterocycles. The van der Waals surface area contributed by atoms with E-state index in [4.69, 9.17) is 16.3 Å². The van der Waals surface area contributed by atoms with Crippen LogP contribution in [0, 0.1) is 0 Å². The summed E-state index contributed by atoms with van der Waals surface area (Å²) in [6, 6.07) is 16.3. The highest BCUT2D eigenvalue weighted by molar-refractivity contribution is 6.30. The SMILES string of the molecule is CC[C@H](C(=O)NC(C)(C)C)N(CCc1ccccc1)C(=O)COc1cccc(Cl)c1. The van der Waals surface area contributed by atoms with Crippen LogP contribution in [0.2, 0.25) is 5.02 Å². The number of nitrogens with one attached hydrogen (secondary N) is 1. The second-order valence-electron chi connectivity index (χ2n) is 8.23. The van der Waals surface area contributed by atoms with Gasteiger partial charge in [0.2, 0.25) is 5.91 Å². The van der Waals surface area contributed by atoms with Crippen LogP contribution in [0.1, 0.15) is 39.7 Å². The van der Waals surface area contributed by atoms with Gasteiger partial charge in [0, 0.05) is 17.1 Å². The predicted molar refractivity (Wildman–Crippen MR) is 121 cm³/mol. The Labute approximate surface area is 184 Å². The highest BCUT2D eigenvalue weighted by atomic mass is 35.5. The Kier molecular flexibility index (Phi) is 8.72. The van der Waals surface area contributed by atoms with E-state index >= 15 is 0 Å². The van der Waals surface area contributed by atoms with Gasteiger partial charge in [0.05, 0.1) is 0 Å². The lowest BCUT2D eigenvalue weighted by atomic mass is 10.1. The molecule has 2 aromatic carbocycles. The fraction of sp³-hybridized carbons (Fsp3) is 0.417. The molecular formula is C24H31ClN2O3. The Morgan fingerprint density at radius 2 is 1.80 bits per heavy atom. The summed E-state index contributed by atoms with van der Waals surface area (Å²) in [5, 5.41) is 3.53. The van der Waals surface area contributed by atoms with Gasteiger partial charge in [-0.1, -0.05) is 54.9 Å². The van der Waals surface area contributed by atoms with Crippen molar-refractivity contribution in [3.05, 3.63) is 65.2 Å². The van der Waals surface area contributed by atoms with Gasteiger partial charge in [0.25, 0.3) is 5.91 Å². The molecule has 0 saturated heterocycles. The summed E-state index contributed by atoms with van der Waals surface area (Å²) >= 11 is 5.99. The number of nitrogens with zero attached hydrogens (tertiary/aromatic N) is 1. The molecule has 2 aromatic rings. The fourth-order valence-electron chi connectivity index (χ4n) is 3.13. The van der Waals surface area contributed by atoms with E-state index in [0.717, 1.165) is 5.56 Å². The van der Waals surface area contributed by atoms with Crippen molar-refractivity contribution in [3.63, 3.8) is 0 Å². The first-order chi connectivity index (χ1) is 14.2. The van der Waals surface area contributed by atoms with Crippen LogP contribution in [0.3, 0.4) is 0 Å². The van der Waals surface area contributed by atoms with E-state index in [1.165, 1.54) is 0 Å². The summed E-state index contributed by atoms with van der Waals surface area (Å²) in [5.74, 6) is 0.127. The number of hydrogen-bond acceptors (Lipinski definition) is 3. The molecular weight excluding hydrogens is 400 g/mol. The van der Waals surface area contributed by atoms with Gasteiger partial charge in [-0.15, -0.1) is 0 Å². The van der Waals surface area contributed by atoms with Crippen LogP contribution >= 0.6 is 11.6 Å². The lowest BCUT2D eigenvalue weighted by molar-refractivity contribution is -0.142. The number of benzene rings is 2. The fourth-order valence-corrected chi connectivity index (χ4v) is 3.31. The second-order valence-corrected chi connectivity index (χ2v) is 8.67. The number of hydrogen-bond donors (Lipinski definition) is 1. The predicted octanol–water partition coefficient (Wildman–Crippen LogP) is 4.48. The molecule has 1 atom stereocenters. The van der Waals surface area contributed by atoms with E-state index in [9.17, 15) is 9.59 Å². The molecule has 2 amide bonds. The van der Waals surface area contributed by atoms with Crippen molar-refractivity contribution in [3.8, 4) is 5.75 Å². The molecule has 5 nitrogen and oxygen atoms in total. The Bertz CT molecular complexity index is 834. The number of amides is 2. The molecule has 0 heterocycles. The van der Waals surface area contributed by atoms with Crippen molar-refractivity contribution >= 4 is 23.4 Å². The Morgan fingerprint density at radius 1 is 1.10 bits per heavy atom. The van der Waals surface area contributed by atoms with Gasteiger partial charge in [-0.25, -0.2) is 0 Å². The first kappa shape index (κ1) is 23.7. The largest absolute Gasteiger partial charge is 0.484 e. The van der Waals surface area contributed by atoms with E-state index in [1.807, 2.05) is 58.0 Å². The third-order valence-electron chi connectivity index (χ3n) is 4.53. The van der Waals surface area contributed by atoms with Crippen molar-refractivity contribution < 1.29 is 14.3 Å². The molecule has 0 unspecified atom stereocenters. The molecule has 2 rings (SSSR count). The minimum absolute atomic E-state index is 0.158. The van der Waals surface area contributed by atoms with Crippen LogP contribution in [0.4, 0.5) is 0 Å². The first-order valence-corrected chi connectivity index (χ1v) is 10.6. The van der Waals surface area contributed by atoms with E-state index in [0.29, 0.717) is 30.2 Å². The van der Waals surface area contributed by atoms with Crippen LogP contribution in [0.5, 0.6) is 5.75 Å². The Morgan fingerprint density at radius 3 is 2.40 bits per heavy atom. The molecule has 162 valence electrons. The summed E-state index contributed by atoms with van der Waals surface area (Å²) in [6.45, 7) is 7.96. The molecule has 0 fully saturated rings. The molecule has 6 heteroatoms. The molecule has 0 aliphatic rings. The van der Waals surface area contributed by atoms with Crippen LogP contribution in [-0.2, 0) is 16.0 Å². The highest BCUT2D eigenvalue weighted by Gasteiger charge is 2.30. The van der Waals surface area contributed by atoms with Crippen LogP contribution in [0.15, 0.2) is 54.6 Å². The zero-order chi connectivity index (χ0) is 22.1. The number of carbonyl (C=O) groups excluding carboxylic acids is 2. The molecule has 0 radical (unpaired) electrons. The van der Waals surface area contributed by atoms with Gasteiger partial charge in [0.15, 0.2) is 6.61 Å². The number of carbonyl (C=O) groups is 2. The monoisotopic (exact) mass is 430 g/mol. The van der Waals surface area contributed by atoms with Gasteiger partial charge >= 0.3 is 0 Å². The third kappa shape index (κ3) is 7.71. The van der Waals surface area contributed by atoms with Crippen molar-refractivity contribution in [2.75, 3.05) is 13.2 Å². The van der Waals surface area contributed by atoms with Crippen molar-refractivity contribution in [1.82, 2.24) is 10.2 Å². The van der Waals surface area contributed by atoms with Gasteiger partial charge in [-0.05, 0) is 57.4 Å². The van der Waals surface area contributed by atoms with Gasteiger partial charge in [-0.2, -0.15) is 0 Å². The molecule has 0 aromatic heterocycles. The van der Waals surface area contributed by atoms with Gasteiger partial charge in [0.1, 0.15) is 11.8 Å². The highest BCUT2D eigenvalue weighted by Crippen LogP contribution is 2.18. The molecule has 0 bridgehead atoms. The van der Waals surface area contributed by atoms with Crippen LogP contribution in [-0.4, -0.2) is 41.4 Å². The normalized spacial score (nSPS) is 12.2. The van der Waals surface area contributed by atoms with E-state index in [-0.39, 0.29) is 24.0 Å². The Balaban J connectivity index is 2.15. The molecule has 0 saturated carbocycles. The van der Waals surface area contributed by atoms with Gasteiger partial charge in [-0.3, -0.25) is 9.59 Å². The number of ether oxygens (including phenoxy) is 1. The lowest BCUT2D eigenvalue weighted by Crippen LogP contribution is -2.54. The van der Waals surface area contributed by atoms with Crippen LogP contribution in [0.25, 0.3) is 0 Å². The van der Waals surface area contributed by atoms with Crippen molar-refractivity contribution in [2.24, 2.45) is 0 Å². The Hall–Kier alpha value is -2.53. The average Bonchev–Trinajstić information content (AvgIpc) is 2.68. The lowest BCUT2D eigenvalue weighted by Gasteiger charge is -2.33. The van der Waals surface area contributed by atoms with E-state index in [2.05, 4.69) is 5.32 Å². The van der Waals surface area contributed by atoms with Crippen molar-refractivity contribution in [1.29, 1.82) is 0 Å². The maximum Gasteiger partial charge on any atom is 0.261 e. The smallest absolute Gasteiger partial charge is 0.261 e. The number of rotatable bonds is 9. The minimum Gasteiger partial charge on any atom is -0.484 e. The standard InChI is InChI=1S/C24H31ClN2O3/c1-5-21(23(29)26-24(2,3)4)27(15-14-18-10-7-6-8-11-18)22(28)17-30-20-13-9-12-19(25)16-20/h6-13,16,21H,5,14-15,17H2,1-4H3,(H,26,29)/t21-/m1/s1. The summed E-state index contributed by atoms with van der Waals surface area (Å²) < 4.78 is 5.65. The van der Waals surface area contributed by atoms with Crippen molar-refractivity contribution in [2.45, 2.75) is 52.1 Å². The third-order valence-corrected chi connectivity index (χ3v) is 4.76. The maximum absolute atomic E-state index is 13.1. The maximum atomic E-state index is 13.1. The zero-order valence-corrected chi connectivity index (χ0v) is 18.9. The summed E-state index contributed by atoms with van der Waals surface area (Å²) in [4.78, 5) is 27.6. The zero-order valence-electron chi connectivity index (χ0n) is 18.2.